The molecule has 0 aromatic heterocycles. The molecule has 118 valence electrons. The summed E-state index contributed by atoms with van der Waals surface area (Å²) in [5.74, 6) is 0.950. The van der Waals surface area contributed by atoms with E-state index in [1.807, 2.05) is 6.07 Å². The maximum Gasteiger partial charge on any atom is 0.219 e. The van der Waals surface area contributed by atoms with Gasteiger partial charge in [-0.25, -0.2) is 0 Å². The Hall–Kier alpha value is -1.55. The van der Waals surface area contributed by atoms with E-state index in [0.29, 0.717) is 13.0 Å². The van der Waals surface area contributed by atoms with E-state index in [4.69, 9.17) is 4.74 Å². The molecule has 1 rings (SSSR count). The summed E-state index contributed by atoms with van der Waals surface area (Å²) in [4.78, 5) is 11.2. The second kappa shape index (κ2) is 8.03. The van der Waals surface area contributed by atoms with Crippen molar-refractivity contribution in [2.45, 2.75) is 52.6 Å². The number of rotatable bonds is 7. The molecule has 0 aliphatic heterocycles. The Morgan fingerprint density at radius 3 is 2.62 bits per heavy atom. The van der Waals surface area contributed by atoms with E-state index in [1.54, 1.807) is 7.05 Å². The van der Waals surface area contributed by atoms with Gasteiger partial charge in [0.2, 0.25) is 5.91 Å². The van der Waals surface area contributed by atoms with Gasteiger partial charge < -0.3 is 15.4 Å². The molecule has 0 saturated carbocycles. The molecule has 1 amide bonds. The van der Waals surface area contributed by atoms with Crippen molar-refractivity contribution in [1.29, 1.82) is 0 Å². The average Bonchev–Trinajstić information content (AvgIpc) is 2.41. The number of hydrogen-bond donors (Lipinski definition) is 2. The number of hydrogen-bond acceptors (Lipinski definition) is 3. The van der Waals surface area contributed by atoms with E-state index >= 15 is 0 Å². The molecule has 4 heteroatoms. The van der Waals surface area contributed by atoms with Gasteiger partial charge in [0.25, 0.3) is 0 Å². The third-order valence-electron chi connectivity index (χ3n) is 3.11. The van der Waals surface area contributed by atoms with E-state index in [1.165, 1.54) is 5.56 Å². The molecular weight excluding hydrogens is 264 g/mol. The molecule has 0 spiro atoms. The van der Waals surface area contributed by atoms with E-state index in [9.17, 15) is 4.79 Å². The number of benzene rings is 1. The van der Waals surface area contributed by atoms with Gasteiger partial charge in [-0.05, 0) is 40.2 Å². The van der Waals surface area contributed by atoms with Gasteiger partial charge in [-0.1, -0.05) is 17.7 Å². The molecule has 0 aliphatic carbocycles. The van der Waals surface area contributed by atoms with Gasteiger partial charge in [0.05, 0.1) is 6.61 Å². The first kappa shape index (κ1) is 17.5. The van der Waals surface area contributed by atoms with Gasteiger partial charge in [0, 0.05) is 31.1 Å². The highest BCUT2D eigenvalue weighted by Crippen LogP contribution is 2.21. The van der Waals surface area contributed by atoms with Crippen LogP contribution in [0.25, 0.3) is 0 Å². The smallest absolute Gasteiger partial charge is 0.219 e. The number of nitrogens with one attached hydrogen (secondary N) is 2. The molecule has 21 heavy (non-hydrogen) atoms. The molecular formula is C17H28N2O2. The average molecular weight is 292 g/mol. The molecule has 0 fully saturated rings. The van der Waals surface area contributed by atoms with Crippen LogP contribution in [-0.2, 0) is 11.3 Å². The van der Waals surface area contributed by atoms with Gasteiger partial charge in [0.15, 0.2) is 0 Å². The number of ether oxygens (including phenoxy) is 1. The third kappa shape index (κ3) is 7.14. The quantitative estimate of drug-likeness (QED) is 0.760. The fraction of sp³-hybridized carbons (Fsp3) is 0.588. The zero-order valence-electron chi connectivity index (χ0n) is 13.9. The van der Waals surface area contributed by atoms with Crippen molar-refractivity contribution in [3.05, 3.63) is 29.3 Å². The normalized spacial score (nSPS) is 11.3. The lowest BCUT2D eigenvalue weighted by atomic mass is 10.1. The minimum atomic E-state index is 0.0529. The van der Waals surface area contributed by atoms with Crippen LogP contribution in [0.4, 0.5) is 0 Å². The van der Waals surface area contributed by atoms with Gasteiger partial charge in [-0.15, -0.1) is 0 Å². The Morgan fingerprint density at radius 2 is 2.00 bits per heavy atom. The van der Waals surface area contributed by atoms with Crippen LogP contribution in [0.5, 0.6) is 5.75 Å². The topological polar surface area (TPSA) is 50.4 Å². The second-order valence-electron chi connectivity index (χ2n) is 6.34. The molecule has 0 unspecified atom stereocenters. The second-order valence-corrected chi connectivity index (χ2v) is 6.34. The van der Waals surface area contributed by atoms with Crippen molar-refractivity contribution in [3.63, 3.8) is 0 Å². The number of carbonyl (C=O) groups is 1. The fourth-order valence-electron chi connectivity index (χ4n) is 1.89. The molecule has 0 aliphatic rings. The van der Waals surface area contributed by atoms with Crippen molar-refractivity contribution in [2.75, 3.05) is 13.7 Å². The zero-order valence-corrected chi connectivity index (χ0v) is 13.9. The van der Waals surface area contributed by atoms with Crippen molar-refractivity contribution >= 4 is 5.91 Å². The Bertz CT molecular complexity index is 464. The molecule has 1 aromatic rings. The van der Waals surface area contributed by atoms with Crippen LogP contribution in [0.2, 0.25) is 0 Å². The Labute approximate surface area is 128 Å². The van der Waals surface area contributed by atoms with E-state index in [0.717, 1.165) is 24.3 Å². The highest BCUT2D eigenvalue weighted by Gasteiger charge is 2.11. The summed E-state index contributed by atoms with van der Waals surface area (Å²) >= 11 is 0. The Kier molecular flexibility index (Phi) is 6.69. The molecule has 4 nitrogen and oxygen atoms in total. The predicted molar refractivity (Wildman–Crippen MR) is 86.6 cm³/mol. The molecule has 2 N–H and O–H groups in total. The molecule has 0 atom stereocenters. The minimum Gasteiger partial charge on any atom is -0.493 e. The van der Waals surface area contributed by atoms with Crippen LogP contribution in [-0.4, -0.2) is 25.1 Å². The first-order valence-corrected chi connectivity index (χ1v) is 7.50. The monoisotopic (exact) mass is 292 g/mol. The molecule has 0 saturated heterocycles. The Balaban J connectivity index is 2.58. The first-order chi connectivity index (χ1) is 9.81. The lowest BCUT2D eigenvalue weighted by Crippen LogP contribution is -2.35. The standard InChI is InChI=1S/C17H28N2O2/c1-13-8-9-15(21-10-6-7-16(20)18-5)14(11-13)12-19-17(2,3)4/h8-9,11,19H,6-7,10,12H2,1-5H3,(H,18,20). The van der Waals surface area contributed by atoms with E-state index in [2.05, 4.69) is 50.5 Å². The number of carbonyl (C=O) groups excluding carboxylic acids is 1. The van der Waals surface area contributed by atoms with Crippen LogP contribution in [0.3, 0.4) is 0 Å². The highest BCUT2D eigenvalue weighted by molar-refractivity contribution is 5.75. The highest BCUT2D eigenvalue weighted by atomic mass is 16.5. The van der Waals surface area contributed by atoms with Gasteiger partial charge in [-0.2, -0.15) is 0 Å². The fourth-order valence-corrected chi connectivity index (χ4v) is 1.89. The van der Waals surface area contributed by atoms with Crippen molar-refractivity contribution in [1.82, 2.24) is 10.6 Å². The van der Waals surface area contributed by atoms with Crippen LogP contribution < -0.4 is 15.4 Å². The summed E-state index contributed by atoms with van der Waals surface area (Å²) in [5, 5.41) is 6.09. The summed E-state index contributed by atoms with van der Waals surface area (Å²) in [6.45, 7) is 9.84. The third-order valence-corrected chi connectivity index (χ3v) is 3.11. The summed E-state index contributed by atoms with van der Waals surface area (Å²) in [7, 11) is 1.65. The number of amides is 1. The van der Waals surface area contributed by atoms with Crippen LogP contribution in [0.15, 0.2) is 18.2 Å². The van der Waals surface area contributed by atoms with Crippen LogP contribution in [0, 0.1) is 6.92 Å². The van der Waals surface area contributed by atoms with Crippen LogP contribution >= 0.6 is 0 Å². The summed E-state index contributed by atoms with van der Waals surface area (Å²) < 4.78 is 5.83. The molecule has 0 bridgehead atoms. The van der Waals surface area contributed by atoms with Crippen molar-refractivity contribution in [2.24, 2.45) is 0 Å². The largest absolute Gasteiger partial charge is 0.493 e. The number of aryl methyl sites for hydroxylation is 1. The van der Waals surface area contributed by atoms with Crippen LogP contribution in [0.1, 0.15) is 44.7 Å². The molecule has 0 heterocycles. The van der Waals surface area contributed by atoms with Crippen molar-refractivity contribution < 1.29 is 9.53 Å². The molecule has 1 aromatic carbocycles. The lowest BCUT2D eigenvalue weighted by molar-refractivity contribution is -0.120. The minimum absolute atomic E-state index is 0.0529. The lowest BCUT2D eigenvalue weighted by Gasteiger charge is -2.22. The Morgan fingerprint density at radius 1 is 1.29 bits per heavy atom. The first-order valence-electron chi connectivity index (χ1n) is 7.50. The van der Waals surface area contributed by atoms with Gasteiger partial charge in [0.1, 0.15) is 5.75 Å². The maximum atomic E-state index is 11.2. The van der Waals surface area contributed by atoms with Crippen molar-refractivity contribution in [3.8, 4) is 5.75 Å². The summed E-state index contributed by atoms with van der Waals surface area (Å²) in [5.41, 5.74) is 2.45. The van der Waals surface area contributed by atoms with Gasteiger partial charge in [-0.3, -0.25) is 4.79 Å². The predicted octanol–water partition coefficient (Wildman–Crippen LogP) is 2.79. The van der Waals surface area contributed by atoms with Gasteiger partial charge >= 0.3 is 0 Å². The zero-order chi connectivity index (χ0) is 15.9. The summed E-state index contributed by atoms with van der Waals surface area (Å²) in [6, 6.07) is 6.20. The van der Waals surface area contributed by atoms with E-state index in [-0.39, 0.29) is 11.4 Å². The SMILES string of the molecule is CNC(=O)CCCOc1ccc(C)cc1CNC(C)(C)C. The maximum absolute atomic E-state index is 11.2. The summed E-state index contributed by atoms with van der Waals surface area (Å²) in [6.07, 6.45) is 1.22. The van der Waals surface area contributed by atoms with E-state index < -0.39 is 0 Å². The molecule has 0 radical (unpaired) electrons.